The van der Waals surface area contributed by atoms with Gasteiger partial charge in [0.05, 0.1) is 0 Å². The van der Waals surface area contributed by atoms with E-state index in [1.54, 1.807) is 5.57 Å². The molecule has 0 nitrogen and oxygen atoms in total. The molecular weight excluding hydrogens is 216 g/mol. The monoisotopic (exact) mass is 240 g/mol. The van der Waals surface area contributed by atoms with Gasteiger partial charge in [-0.15, -0.1) is 5.73 Å². The lowest BCUT2D eigenvalue weighted by atomic mass is 9.76. The third kappa shape index (κ3) is 2.54. The van der Waals surface area contributed by atoms with Crippen molar-refractivity contribution < 1.29 is 0 Å². The lowest BCUT2D eigenvalue weighted by molar-refractivity contribution is 0.446. The fourth-order valence-electron chi connectivity index (χ4n) is 3.85. The van der Waals surface area contributed by atoms with E-state index in [0.29, 0.717) is 0 Å². The highest BCUT2D eigenvalue weighted by molar-refractivity contribution is 5.30. The zero-order chi connectivity index (χ0) is 12.4. The van der Waals surface area contributed by atoms with Crippen LogP contribution in [0.3, 0.4) is 0 Å². The molecule has 0 aliphatic heterocycles. The zero-order valence-electron chi connectivity index (χ0n) is 11.5. The third-order valence-electron chi connectivity index (χ3n) is 4.86. The average molecular weight is 240 g/mol. The quantitative estimate of drug-likeness (QED) is 0.458. The van der Waals surface area contributed by atoms with Crippen LogP contribution >= 0.6 is 0 Å². The van der Waals surface area contributed by atoms with Gasteiger partial charge in [0.2, 0.25) is 0 Å². The summed E-state index contributed by atoms with van der Waals surface area (Å²) in [5, 5.41) is 0. The van der Waals surface area contributed by atoms with Crippen molar-refractivity contribution in [1.82, 2.24) is 0 Å². The topological polar surface area (TPSA) is 0 Å². The van der Waals surface area contributed by atoms with Crippen molar-refractivity contribution in [2.24, 2.45) is 17.8 Å². The van der Waals surface area contributed by atoms with Gasteiger partial charge in [-0.25, -0.2) is 0 Å². The molecule has 0 saturated heterocycles. The molecule has 0 radical (unpaired) electrons. The fourth-order valence-corrected chi connectivity index (χ4v) is 3.85. The van der Waals surface area contributed by atoms with Crippen LogP contribution in [0.1, 0.15) is 51.9 Å². The van der Waals surface area contributed by atoms with E-state index >= 15 is 0 Å². The molecular formula is C18H24. The van der Waals surface area contributed by atoms with Gasteiger partial charge in [0, 0.05) is 0 Å². The van der Waals surface area contributed by atoms with Gasteiger partial charge in [-0.1, -0.05) is 31.1 Å². The molecule has 3 aliphatic carbocycles. The first kappa shape index (κ1) is 12.1. The van der Waals surface area contributed by atoms with Crippen molar-refractivity contribution in [1.29, 1.82) is 0 Å². The Balaban J connectivity index is 1.47. The Morgan fingerprint density at radius 2 is 2.22 bits per heavy atom. The van der Waals surface area contributed by atoms with Crippen LogP contribution < -0.4 is 0 Å². The summed E-state index contributed by atoms with van der Waals surface area (Å²) in [5.74, 6) is 2.78. The second kappa shape index (κ2) is 5.33. The van der Waals surface area contributed by atoms with Gasteiger partial charge in [0.25, 0.3) is 0 Å². The smallest absolute Gasteiger partial charge is 0.0167 e. The number of hydrogen-bond donors (Lipinski definition) is 0. The minimum absolute atomic E-state index is 0.925. The number of rotatable bonds is 5. The molecule has 0 heterocycles. The van der Waals surface area contributed by atoms with Gasteiger partial charge >= 0.3 is 0 Å². The first-order valence-corrected chi connectivity index (χ1v) is 7.67. The summed E-state index contributed by atoms with van der Waals surface area (Å²) >= 11 is 0. The Morgan fingerprint density at radius 3 is 2.94 bits per heavy atom. The minimum Gasteiger partial charge on any atom is -0.121 e. The van der Waals surface area contributed by atoms with E-state index < -0.39 is 0 Å². The molecule has 0 spiro atoms. The molecule has 0 heteroatoms. The fraction of sp³-hybridized carbons (Fsp3) is 0.611. The van der Waals surface area contributed by atoms with Crippen LogP contribution in [0.25, 0.3) is 0 Å². The molecule has 0 amide bonds. The molecule has 1 fully saturated rings. The zero-order valence-corrected chi connectivity index (χ0v) is 11.5. The van der Waals surface area contributed by atoms with Crippen LogP contribution in [-0.2, 0) is 0 Å². The van der Waals surface area contributed by atoms with Crippen molar-refractivity contribution in [3.8, 4) is 0 Å². The maximum atomic E-state index is 3.17. The summed E-state index contributed by atoms with van der Waals surface area (Å²) in [6, 6.07) is 0. The van der Waals surface area contributed by atoms with Gasteiger partial charge in [-0.2, -0.15) is 0 Å². The van der Waals surface area contributed by atoms with E-state index in [-0.39, 0.29) is 0 Å². The average Bonchev–Trinajstić information content (AvgIpc) is 2.95. The number of hydrogen-bond acceptors (Lipinski definition) is 0. The Bertz CT molecular complexity index is 429. The van der Waals surface area contributed by atoms with Crippen molar-refractivity contribution in [2.45, 2.75) is 51.9 Å². The highest BCUT2D eigenvalue weighted by Gasteiger charge is 2.31. The Kier molecular flexibility index (Phi) is 3.57. The number of allylic oxidation sites excluding steroid dienone is 5. The predicted octanol–water partition coefficient (Wildman–Crippen LogP) is 5.19. The van der Waals surface area contributed by atoms with Gasteiger partial charge in [-0.05, 0) is 74.0 Å². The van der Waals surface area contributed by atoms with Crippen molar-refractivity contribution >= 4 is 0 Å². The highest BCUT2D eigenvalue weighted by Crippen LogP contribution is 2.45. The van der Waals surface area contributed by atoms with Crippen LogP contribution in [0.15, 0.2) is 41.2 Å². The maximum Gasteiger partial charge on any atom is -0.0167 e. The molecule has 1 saturated carbocycles. The Morgan fingerprint density at radius 1 is 1.33 bits per heavy atom. The molecule has 0 aromatic heterocycles. The summed E-state index contributed by atoms with van der Waals surface area (Å²) in [5.41, 5.74) is 6.46. The van der Waals surface area contributed by atoms with E-state index in [1.807, 2.05) is 6.08 Å². The minimum atomic E-state index is 0.925. The van der Waals surface area contributed by atoms with E-state index in [2.05, 4.69) is 30.9 Å². The third-order valence-corrected chi connectivity index (χ3v) is 4.86. The van der Waals surface area contributed by atoms with Gasteiger partial charge < -0.3 is 0 Å². The van der Waals surface area contributed by atoms with Gasteiger partial charge in [0.1, 0.15) is 0 Å². The summed E-state index contributed by atoms with van der Waals surface area (Å²) in [6.45, 7) is 2.30. The first-order valence-electron chi connectivity index (χ1n) is 7.67. The largest absolute Gasteiger partial charge is 0.121 e. The lowest BCUT2D eigenvalue weighted by Crippen LogP contribution is -2.15. The molecule has 3 unspecified atom stereocenters. The summed E-state index contributed by atoms with van der Waals surface area (Å²) < 4.78 is 0. The summed E-state index contributed by atoms with van der Waals surface area (Å²) in [6.07, 6.45) is 18.8. The second-order valence-electron chi connectivity index (χ2n) is 6.29. The molecule has 0 aromatic rings. The second-order valence-corrected chi connectivity index (χ2v) is 6.29. The van der Waals surface area contributed by atoms with Crippen LogP contribution in [0.2, 0.25) is 0 Å². The normalized spacial score (nSPS) is 33.5. The molecule has 18 heavy (non-hydrogen) atoms. The Labute approximate surface area is 111 Å². The van der Waals surface area contributed by atoms with Crippen LogP contribution in [0.5, 0.6) is 0 Å². The van der Waals surface area contributed by atoms with E-state index in [0.717, 1.165) is 17.8 Å². The van der Waals surface area contributed by atoms with Gasteiger partial charge in [0.15, 0.2) is 0 Å². The van der Waals surface area contributed by atoms with Crippen molar-refractivity contribution in [3.63, 3.8) is 0 Å². The van der Waals surface area contributed by atoms with Gasteiger partial charge in [-0.3, -0.25) is 0 Å². The van der Waals surface area contributed by atoms with Crippen LogP contribution in [-0.4, -0.2) is 0 Å². The predicted molar refractivity (Wildman–Crippen MR) is 77.3 cm³/mol. The maximum absolute atomic E-state index is 3.17. The first-order chi connectivity index (χ1) is 8.85. The van der Waals surface area contributed by atoms with E-state index in [1.165, 1.54) is 50.5 Å². The molecule has 3 aliphatic rings. The summed E-state index contributed by atoms with van der Waals surface area (Å²) in [7, 11) is 0. The molecule has 0 bridgehead atoms. The molecule has 3 rings (SSSR count). The van der Waals surface area contributed by atoms with Crippen molar-refractivity contribution in [3.05, 3.63) is 41.2 Å². The van der Waals surface area contributed by atoms with Crippen molar-refractivity contribution in [2.75, 3.05) is 0 Å². The SMILES string of the molecule is CCCC1C=C(C2CCC(CC3=CC=C=C3)C2)C1. The summed E-state index contributed by atoms with van der Waals surface area (Å²) in [4.78, 5) is 0. The molecule has 0 aromatic carbocycles. The lowest BCUT2D eigenvalue weighted by Gasteiger charge is -2.29. The highest BCUT2D eigenvalue weighted by atomic mass is 14.4. The molecule has 96 valence electrons. The van der Waals surface area contributed by atoms with E-state index in [9.17, 15) is 0 Å². The molecule has 0 N–H and O–H groups in total. The van der Waals surface area contributed by atoms with Crippen LogP contribution in [0.4, 0.5) is 0 Å². The van der Waals surface area contributed by atoms with E-state index in [4.69, 9.17) is 0 Å². The Hall–Kier alpha value is -1.00. The standard InChI is InChI=1S/C18H24/c1-2-5-15-12-18(13-15)17-9-8-16(11-17)10-14-6-3-4-7-14/h3,6-7,12,15-17H,2,5,8-11,13H2,1H3. The molecule has 3 atom stereocenters. The van der Waals surface area contributed by atoms with Crippen LogP contribution in [0, 0.1) is 17.8 Å².